The van der Waals surface area contributed by atoms with Crippen molar-refractivity contribution in [1.82, 2.24) is 0 Å². The molecule has 0 saturated carbocycles. The van der Waals surface area contributed by atoms with Crippen LogP contribution in [0, 0.1) is 0 Å². The lowest BCUT2D eigenvalue weighted by Gasteiger charge is -2.26. The molecule has 0 saturated heterocycles. The molecule has 25 heavy (non-hydrogen) atoms. The Morgan fingerprint density at radius 2 is 1.24 bits per heavy atom. The van der Waals surface area contributed by atoms with E-state index in [4.69, 9.17) is 0 Å². The van der Waals surface area contributed by atoms with E-state index in [0.29, 0.717) is 0 Å². The first-order valence-corrected chi connectivity index (χ1v) is 8.95. The third-order valence-electron chi connectivity index (χ3n) is 4.57. The van der Waals surface area contributed by atoms with Gasteiger partial charge in [-0.3, -0.25) is 0 Å². The number of anilines is 3. The first-order chi connectivity index (χ1) is 12.2. The van der Waals surface area contributed by atoms with Gasteiger partial charge in [-0.25, -0.2) is 0 Å². The average Bonchev–Trinajstić information content (AvgIpc) is 2.69. The summed E-state index contributed by atoms with van der Waals surface area (Å²) in [5.74, 6) is 0. The van der Waals surface area contributed by atoms with Gasteiger partial charge in [0, 0.05) is 17.1 Å². The van der Waals surface area contributed by atoms with Crippen molar-refractivity contribution in [2.75, 3.05) is 4.90 Å². The maximum atomic E-state index is 3.90. The van der Waals surface area contributed by atoms with Crippen LogP contribution in [0.15, 0.2) is 79.4 Å². The first kappa shape index (κ1) is 17.0. The summed E-state index contributed by atoms with van der Waals surface area (Å²) >= 11 is 0. The van der Waals surface area contributed by atoms with E-state index < -0.39 is 0 Å². The van der Waals surface area contributed by atoms with Gasteiger partial charge in [-0.2, -0.15) is 0 Å². The van der Waals surface area contributed by atoms with E-state index in [2.05, 4.69) is 98.1 Å². The van der Waals surface area contributed by atoms with Crippen molar-refractivity contribution in [2.45, 2.75) is 26.7 Å². The number of benzene rings is 3. The van der Waals surface area contributed by atoms with Gasteiger partial charge in [-0.05, 0) is 65.9 Å². The molecule has 0 spiro atoms. The Morgan fingerprint density at radius 3 is 1.68 bits per heavy atom. The van der Waals surface area contributed by atoms with E-state index in [1.807, 2.05) is 6.08 Å². The smallest absolute Gasteiger partial charge is 0.0467 e. The summed E-state index contributed by atoms with van der Waals surface area (Å²) in [5.41, 5.74) is 7.31. The SMILES string of the molecule is C=Cc1cccc(N(c2ccc(CC)cc2)c2ccc(CC)cc2)c1. The molecule has 0 unspecified atom stereocenters. The predicted molar refractivity (Wildman–Crippen MR) is 110 cm³/mol. The van der Waals surface area contributed by atoms with Crippen LogP contribution in [-0.2, 0) is 12.8 Å². The van der Waals surface area contributed by atoms with Gasteiger partial charge >= 0.3 is 0 Å². The average molecular weight is 327 g/mol. The van der Waals surface area contributed by atoms with Gasteiger partial charge in [-0.1, -0.05) is 62.9 Å². The normalized spacial score (nSPS) is 10.5. The van der Waals surface area contributed by atoms with Crippen LogP contribution in [0.4, 0.5) is 17.1 Å². The summed E-state index contributed by atoms with van der Waals surface area (Å²) in [4.78, 5) is 2.30. The standard InChI is InChI=1S/C24H25N/c1-4-19-10-14-22(15-11-19)25(23-16-12-20(5-2)13-17-23)24-9-7-8-21(6-3)18-24/h6-18H,3-5H2,1-2H3. The van der Waals surface area contributed by atoms with Crippen LogP contribution in [0.1, 0.15) is 30.5 Å². The molecule has 3 rings (SSSR count). The summed E-state index contributed by atoms with van der Waals surface area (Å²) in [5, 5.41) is 0. The van der Waals surface area contributed by atoms with Gasteiger partial charge in [0.25, 0.3) is 0 Å². The Kier molecular flexibility index (Phi) is 5.35. The Bertz CT molecular complexity index is 781. The van der Waals surface area contributed by atoms with Crippen molar-refractivity contribution in [3.63, 3.8) is 0 Å². The molecule has 0 aliphatic carbocycles. The molecular weight excluding hydrogens is 302 g/mol. The van der Waals surface area contributed by atoms with Crippen molar-refractivity contribution < 1.29 is 0 Å². The number of aryl methyl sites for hydroxylation is 2. The quantitative estimate of drug-likeness (QED) is 0.475. The monoisotopic (exact) mass is 327 g/mol. The topological polar surface area (TPSA) is 3.24 Å². The van der Waals surface area contributed by atoms with E-state index in [1.165, 1.54) is 22.5 Å². The van der Waals surface area contributed by atoms with Crippen molar-refractivity contribution in [3.05, 3.63) is 96.1 Å². The molecule has 0 radical (unpaired) electrons. The van der Waals surface area contributed by atoms with Crippen LogP contribution in [-0.4, -0.2) is 0 Å². The van der Waals surface area contributed by atoms with Crippen LogP contribution in [0.3, 0.4) is 0 Å². The lowest BCUT2D eigenvalue weighted by atomic mass is 10.1. The number of hydrogen-bond donors (Lipinski definition) is 0. The second-order valence-electron chi connectivity index (χ2n) is 6.17. The Hall–Kier alpha value is -2.80. The number of hydrogen-bond acceptors (Lipinski definition) is 1. The molecule has 0 aliphatic rings. The molecule has 3 aromatic rings. The highest BCUT2D eigenvalue weighted by Gasteiger charge is 2.12. The van der Waals surface area contributed by atoms with E-state index >= 15 is 0 Å². The molecule has 0 bridgehead atoms. The predicted octanol–water partition coefficient (Wildman–Crippen LogP) is 6.92. The molecule has 0 N–H and O–H groups in total. The van der Waals surface area contributed by atoms with Crippen molar-refractivity contribution in [1.29, 1.82) is 0 Å². The summed E-state index contributed by atoms with van der Waals surface area (Å²) < 4.78 is 0. The second kappa shape index (κ2) is 7.85. The lowest BCUT2D eigenvalue weighted by Crippen LogP contribution is -2.10. The minimum absolute atomic E-state index is 1.05. The van der Waals surface area contributed by atoms with E-state index in [-0.39, 0.29) is 0 Å². The molecule has 0 amide bonds. The fourth-order valence-electron chi connectivity index (χ4n) is 3.00. The molecule has 3 aromatic carbocycles. The molecule has 0 aliphatic heterocycles. The maximum Gasteiger partial charge on any atom is 0.0467 e. The molecule has 0 fully saturated rings. The van der Waals surface area contributed by atoms with Gasteiger partial charge in [0.2, 0.25) is 0 Å². The Labute approximate surface area is 151 Å². The van der Waals surface area contributed by atoms with Gasteiger partial charge in [0.1, 0.15) is 0 Å². The van der Waals surface area contributed by atoms with Crippen LogP contribution in [0.5, 0.6) is 0 Å². The highest BCUT2D eigenvalue weighted by molar-refractivity contribution is 5.77. The van der Waals surface area contributed by atoms with Crippen LogP contribution in [0.25, 0.3) is 6.08 Å². The van der Waals surface area contributed by atoms with Crippen LogP contribution < -0.4 is 4.90 Å². The molecule has 0 atom stereocenters. The first-order valence-electron chi connectivity index (χ1n) is 8.95. The second-order valence-corrected chi connectivity index (χ2v) is 6.17. The largest absolute Gasteiger partial charge is 0.310 e. The van der Waals surface area contributed by atoms with E-state index in [1.54, 1.807) is 0 Å². The van der Waals surface area contributed by atoms with E-state index in [9.17, 15) is 0 Å². The highest BCUT2D eigenvalue weighted by atomic mass is 15.1. The van der Waals surface area contributed by atoms with Gasteiger partial charge in [0.15, 0.2) is 0 Å². The van der Waals surface area contributed by atoms with Crippen LogP contribution in [0.2, 0.25) is 0 Å². The van der Waals surface area contributed by atoms with Gasteiger partial charge in [0.05, 0.1) is 0 Å². The molecule has 0 aromatic heterocycles. The lowest BCUT2D eigenvalue weighted by molar-refractivity contribution is 1.13. The van der Waals surface area contributed by atoms with E-state index in [0.717, 1.165) is 24.1 Å². The zero-order chi connectivity index (χ0) is 17.6. The number of nitrogens with zero attached hydrogens (tertiary/aromatic N) is 1. The Balaban J connectivity index is 2.09. The maximum absolute atomic E-state index is 3.90. The zero-order valence-electron chi connectivity index (χ0n) is 15.1. The molecule has 1 heteroatoms. The van der Waals surface area contributed by atoms with Crippen LogP contribution >= 0.6 is 0 Å². The number of rotatable bonds is 6. The fraction of sp³-hybridized carbons (Fsp3) is 0.167. The summed E-state index contributed by atoms with van der Waals surface area (Å²) in [7, 11) is 0. The third kappa shape index (κ3) is 3.83. The fourth-order valence-corrected chi connectivity index (χ4v) is 3.00. The molecular formula is C24H25N. The van der Waals surface area contributed by atoms with Crippen molar-refractivity contribution in [2.24, 2.45) is 0 Å². The highest BCUT2D eigenvalue weighted by Crippen LogP contribution is 2.35. The summed E-state index contributed by atoms with van der Waals surface area (Å²) in [6.45, 7) is 8.27. The minimum atomic E-state index is 1.05. The van der Waals surface area contributed by atoms with Gasteiger partial charge in [-0.15, -0.1) is 0 Å². The van der Waals surface area contributed by atoms with Crippen molar-refractivity contribution in [3.8, 4) is 0 Å². The van der Waals surface area contributed by atoms with Crippen molar-refractivity contribution >= 4 is 23.1 Å². The molecule has 1 nitrogen and oxygen atoms in total. The Morgan fingerprint density at radius 1 is 0.720 bits per heavy atom. The van der Waals surface area contributed by atoms with Gasteiger partial charge < -0.3 is 4.90 Å². The molecule has 126 valence electrons. The molecule has 0 heterocycles. The summed E-state index contributed by atoms with van der Waals surface area (Å²) in [6, 6.07) is 26.1. The summed E-state index contributed by atoms with van der Waals surface area (Å²) in [6.07, 6.45) is 4.00. The minimum Gasteiger partial charge on any atom is -0.310 e. The zero-order valence-corrected chi connectivity index (χ0v) is 15.1. The third-order valence-corrected chi connectivity index (χ3v) is 4.57.